The Balaban J connectivity index is 1.26. The molecule has 2 fully saturated rings. The van der Waals surface area contributed by atoms with Crippen LogP contribution in [0.5, 0.6) is 0 Å². The van der Waals surface area contributed by atoms with Gasteiger partial charge >= 0.3 is 0 Å². The Morgan fingerprint density at radius 1 is 1.12 bits per heavy atom. The van der Waals surface area contributed by atoms with Crippen molar-refractivity contribution in [2.24, 2.45) is 5.73 Å². The fraction of sp³-hybridized carbons (Fsp3) is 0.480. The lowest BCUT2D eigenvalue weighted by molar-refractivity contribution is -0.128. The van der Waals surface area contributed by atoms with E-state index >= 15 is 0 Å². The number of nitrogens with two attached hydrogens (primary N) is 1. The molecule has 9 heteroatoms. The summed E-state index contributed by atoms with van der Waals surface area (Å²) in [7, 11) is 0. The van der Waals surface area contributed by atoms with Gasteiger partial charge in [0.05, 0.1) is 17.0 Å². The van der Waals surface area contributed by atoms with Crippen LogP contribution in [0.15, 0.2) is 42.9 Å². The Hall–Kier alpha value is -2.68. The van der Waals surface area contributed by atoms with E-state index in [-0.39, 0.29) is 11.9 Å². The van der Waals surface area contributed by atoms with Crippen molar-refractivity contribution in [2.45, 2.75) is 43.7 Å². The summed E-state index contributed by atoms with van der Waals surface area (Å²) in [5, 5.41) is 4.96. The number of carbonyl (C=O) groups is 1. The number of likely N-dealkylation sites (tertiary alicyclic amines) is 1. The minimum atomic E-state index is -0.904. The predicted molar refractivity (Wildman–Crippen MR) is 135 cm³/mol. The third-order valence-corrected chi connectivity index (χ3v) is 7.50. The second-order valence-electron chi connectivity index (χ2n) is 9.50. The maximum atomic E-state index is 13.5. The van der Waals surface area contributed by atoms with E-state index in [1.165, 1.54) is 12.8 Å². The number of piperidine rings is 1. The number of halogens is 1. The van der Waals surface area contributed by atoms with Crippen molar-refractivity contribution < 1.29 is 4.79 Å². The number of amides is 1. The molecule has 180 valence electrons. The molecule has 0 spiro atoms. The highest BCUT2D eigenvalue weighted by atomic mass is 35.5. The zero-order valence-corrected chi connectivity index (χ0v) is 20.1. The Bertz CT molecular complexity index is 1120. The van der Waals surface area contributed by atoms with Gasteiger partial charge in [-0.2, -0.15) is 0 Å². The fourth-order valence-corrected chi connectivity index (χ4v) is 5.22. The lowest BCUT2D eigenvalue weighted by Crippen LogP contribution is -2.60. The number of nitrogens with zero attached hydrogens (tertiary/aromatic N) is 4. The number of hydrogen-bond acceptors (Lipinski definition) is 6. The van der Waals surface area contributed by atoms with Crippen LogP contribution in [0, 0.1) is 0 Å². The molecule has 3 aromatic rings. The molecule has 0 saturated carbocycles. The van der Waals surface area contributed by atoms with E-state index in [0.29, 0.717) is 31.0 Å². The van der Waals surface area contributed by atoms with Gasteiger partial charge in [-0.15, -0.1) is 0 Å². The summed E-state index contributed by atoms with van der Waals surface area (Å²) >= 11 is 6.11. The Kier molecular flexibility index (Phi) is 6.72. The minimum absolute atomic E-state index is 0.0806. The van der Waals surface area contributed by atoms with Crippen LogP contribution in [0.25, 0.3) is 11.0 Å². The van der Waals surface area contributed by atoms with Gasteiger partial charge in [0.15, 0.2) is 0 Å². The van der Waals surface area contributed by atoms with Gasteiger partial charge in [-0.3, -0.25) is 4.79 Å². The number of aromatic amines is 1. The number of rotatable bonds is 7. The monoisotopic (exact) mass is 481 g/mol. The normalized spacial score (nSPS) is 19.4. The van der Waals surface area contributed by atoms with Gasteiger partial charge in [0.2, 0.25) is 5.91 Å². The van der Waals surface area contributed by atoms with Crippen LogP contribution in [-0.2, 0) is 4.79 Å². The summed E-state index contributed by atoms with van der Waals surface area (Å²) in [6.07, 6.45) is 7.92. The zero-order valence-electron chi connectivity index (χ0n) is 19.3. The zero-order chi connectivity index (χ0) is 23.5. The highest BCUT2D eigenvalue weighted by Gasteiger charge is 2.39. The summed E-state index contributed by atoms with van der Waals surface area (Å²) in [4.78, 5) is 30.0. The molecule has 0 radical (unpaired) electrons. The number of anilines is 1. The first-order chi connectivity index (χ1) is 16.5. The van der Waals surface area contributed by atoms with Gasteiger partial charge in [-0.05, 0) is 69.0 Å². The molecule has 2 aliphatic heterocycles. The molecule has 0 unspecified atom stereocenters. The first kappa shape index (κ1) is 23.1. The molecule has 1 atom stereocenters. The van der Waals surface area contributed by atoms with E-state index in [1.807, 2.05) is 36.5 Å². The summed E-state index contributed by atoms with van der Waals surface area (Å²) in [6.45, 7) is 4.56. The van der Waals surface area contributed by atoms with Gasteiger partial charge in [-0.1, -0.05) is 23.7 Å². The molecule has 2 aromatic heterocycles. The van der Waals surface area contributed by atoms with E-state index in [0.717, 1.165) is 48.5 Å². The van der Waals surface area contributed by atoms with Crippen molar-refractivity contribution in [3.8, 4) is 0 Å². The van der Waals surface area contributed by atoms with Crippen LogP contribution < -0.4 is 16.0 Å². The molecule has 8 nitrogen and oxygen atoms in total. The van der Waals surface area contributed by atoms with Gasteiger partial charge in [-0.25, -0.2) is 9.97 Å². The average Bonchev–Trinajstić information content (AvgIpc) is 3.55. The average molecular weight is 482 g/mol. The largest absolute Gasteiger partial charge is 0.356 e. The molecular weight excluding hydrogens is 450 g/mol. The first-order valence-electron chi connectivity index (χ1n) is 12.1. The maximum Gasteiger partial charge on any atom is 0.240 e. The second-order valence-corrected chi connectivity index (χ2v) is 9.93. The molecule has 1 aromatic carbocycles. The van der Waals surface area contributed by atoms with E-state index in [9.17, 15) is 4.79 Å². The summed E-state index contributed by atoms with van der Waals surface area (Å²) < 4.78 is 0. The lowest BCUT2D eigenvalue weighted by Gasteiger charge is -2.39. The van der Waals surface area contributed by atoms with Crippen LogP contribution >= 0.6 is 11.6 Å². The molecule has 34 heavy (non-hydrogen) atoms. The van der Waals surface area contributed by atoms with E-state index in [2.05, 4.69) is 30.1 Å². The van der Waals surface area contributed by atoms with Gasteiger partial charge in [0, 0.05) is 30.9 Å². The molecule has 0 aliphatic carbocycles. The second kappa shape index (κ2) is 9.90. The summed E-state index contributed by atoms with van der Waals surface area (Å²) in [6, 6.07) is 9.66. The number of benzene rings is 1. The number of H-pyrrole nitrogens is 1. The van der Waals surface area contributed by atoms with Crippen LogP contribution in [0.4, 0.5) is 5.82 Å². The maximum absolute atomic E-state index is 13.5. The number of carbonyl (C=O) groups excluding carboxylic acids is 1. The van der Waals surface area contributed by atoms with E-state index in [4.69, 9.17) is 17.3 Å². The molecule has 1 amide bonds. The SMILES string of the molecule is NC1(C(=O)N[C@@H](CCN2CCCC2)c2ccc(Cl)cc2)CCN(c2ncnc3[nH]ccc23)CC1. The molecular formula is C25H32ClN7O. The third-order valence-electron chi connectivity index (χ3n) is 7.25. The highest BCUT2D eigenvalue weighted by molar-refractivity contribution is 6.30. The van der Waals surface area contributed by atoms with Crippen LogP contribution in [0.2, 0.25) is 5.02 Å². The molecule has 4 heterocycles. The van der Waals surface area contributed by atoms with Crippen molar-refractivity contribution in [1.29, 1.82) is 0 Å². The van der Waals surface area contributed by atoms with Gasteiger partial charge in [0.25, 0.3) is 0 Å². The van der Waals surface area contributed by atoms with Crippen LogP contribution in [-0.4, -0.2) is 64.0 Å². The molecule has 4 N–H and O–H groups in total. The summed E-state index contributed by atoms with van der Waals surface area (Å²) in [5.41, 5.74) is 7.67. The van der Waals surface area contributed by atoms with Crippen molar-refractivity contribution >= 4 is 34.4 Å². The molecule has 2 aliphatic rings. The van der Waals surface area contributed by atoms with Crippen LogP contribution in [0.1, 0.15) is 43.7 Å². The van der Waals surface area contributed by atoms with Crippen molar-refractivity contribution in [3.05, 3.63) is 53.4 Å². The quantitative estimate of drug-likeness (QED) is 0.478. The van der Waals surface area contributed by atoms with Crippen molar-refractivity contribution in [2.75, 3.05) is 37.6 Å². The molecule has 0 bridgehead atoms. The lowest BCUT2D eigenvalue weighted by atomic mass is 9.87. The Morgan fingerprint density at radius 2 is 1.85 bits per heavy atom. The number of aromatic nitrogens is 3. The minimum Gasteiger partial charge on any atom is -0.356 e. The fourth-order valence-electron chi connectivity index (χ4n) is 5.09. The van der Waals surface area contributed by atoms with E-state index < -0.39 is 5.54 Å². The number of nitrogens with one attached hydrogen (secondary N) is 2. The Labute approximate surface area is 204 Å². The first-order valence-corrected chi connectivity index (χ1v) is 12.5. The number of hydrogen-bond donors (Lipinski definition) is 3. The van der Waals surface area contributed by atoms with Crippen LogP contribution in [0.3, 0.4) is 0 Å². The van der Waals surface area contributed by atoms with Crippen molar-refractivity contribution in [1.82, 2.24) is 25.2 Å². The van der Waals surface area contributed by atoms with Crippen molar-refractivity contribution in [3.63, 3.8) is 0 Å². The number of fused-ring (bicyclic) bond motifs is 1. The van der Waals surface area contributed by atoms with E-state index in [1.54, 1.807) is 6.33 Å². The molecule has 5 rings (SSSR count). The Morgan fingerprint density at radius 3 is 2.59 bits per heavy atom. The topological polar surface area (TPSA) is 103 Å². The van der Waals surface area contributed by atoms with Gasteiger partial charge < -0.3 is 25.8 Å². The third kappa shape index (κ3) is 4.89. The standard InChI is InChI=1S/C25H32ClN7O/c26-19-5-3-18(4-6-19)21(8-14-32-12-1-2-13-32)31-24(34)25(27)9-15-33(16-10-25)23-20-7-11-28-22(20)29-17-30-23/h3-7,11,17,21H,1-2,8-10,12-16,27H2,(H,31,34)(H,28,29,30)/t21-/m0/s1. The van der Waals surface area contributed by atoms with Gasteiger partial charge in [0.1, 0.15) is 17.8 Å². The predicted octanol–water partition coefficient (Wildman–Crippen LogP) is 3.25. The molecule has 2 saturated heterocycles. The smallest absolute Gasteiger partial charge is 0.240 e. The summed E-state index contributed by atoms with van der Waals surface area (Å²) in [5.74, 6) is 0.807. The highest BCUT2D eigenvalue weighted by Crippen LogP contribution is 2.29.